The number of fused-ring (bicyclic) bond motifs is 1. The Bertz CT molecular complexity index is 1070. The summed E-state index contributed by atoms with van der Waals surface area (Å²) < 4.78 is 16.4. The van der Waals surface area contributed by atoms with E-state index in [9.17, 15) is 9.59 Å². The molecule has 0 saturated carbocycles. The lowest BCUT2D eigenvalue weighted by molar-refractivity contribution is -0.121. The molecule has 0 atom stereocenters. The van der Waals surface area contributed by atoms with Crippen LogP contribution in [0.3, 0.4) is 0 Å². The summed E-state index contributed by atoms with van der Waals surface area (Å²) in [7, 11) is 3.14. The minimum absolute atomic E-state index is 0.0555. The number of furan rings is 1. The van der Waals surface area contributed by atoms with Crippen molar-refractivity contribution < 1.29 is 23.5 Å². The number of anilines is 1. The summed E-state index contributed by atoms with van der Waals surface area (Å²) >= 11 is 0. The molecule has 7 nitrogen and oxygen atoms in total. The lowest BCUT2D eigenvalue weighted by Crippen LogP contribution is -2.41. The second kappa shape index (κ2) is 8.49. The number of nitrogens with zero attached hydrogens (tertiary/aromatic N) is 1. The fourth-order valence-electron chi connectivity index (χ4n) is 3.79. The van der Waals surface area contributed by atoms with E-state index in [1.54, 1.807) is 37.3 Å². The van der Waals surface area contributed by atoms with Crippen molar-refractivity contribution in [3.05, 3.63) is 54.3 Å². The smallest absolute Gasteiger partial charge is 0.289 e. The molecule has 0 bridgehead atoms. The van der Waals surface area contributed by atoms with Crippen LogP contribution < -0.4 is 14.8 Å². The Labute approximate surface area is 174 Å². The molecule has 30 heavy (non-hydrogen) atoms. The van der Waals surface area contributed by atoms with Gasteiger partial charge in [-0.2, -0.15) is 0 Å². The molecule has 0 aliphatic carbocycles. The van der Waals surface area contributed by atoms with E-state index in [0.29, 0.717) is 48.7 Å². The minimum Gasteiger partial charge on any atom is -0.495 e. The number of amides is 2. The van der Waals surface area contributed by atoms with Gasteiger partial charge in [0, 0.05) is 24.4 Å². The SMILES string of the molecule is COc1ccccc1NC(=O)C1CCN(C(=O)c2cc3cccc(OC)c3o2)CC1. The predicted octanol–water partition coefficient (Wildman–Crippen LogP) is 3.94. The van der Waals surface area contributed by atoms with E-state index in [4.69, 9.17) is 13.9 Å². The number of rotatable bonds is 5. The highest BCUT2D eigenvalue weighted by molar-refractivity contribution is 5.98. The van der Waals surface area contributed by atoms with Crippen LogP contribution in [0.2, 0.25) is 0 Å². The van der Waals surface area contributed by atoms with Gasteiger partial charge in [-0.15, -0.1) is 0 Å². The van der Waals surface area contributed by atoms with Crippen LogP contribution in [0, 0.1) is 5.92 Å². The van der Waals surface area contributed by atoms with E-state index >= 15 is 0 Å². The van der Waals surface area contributed by atoms with Gasteiger partial charge in [0.1, 0.15) is 5.75 Å². The Morgan fingerprint density at radius 2 is 1.70 bits per heavy atom. The Kier molecular flexibility index (Phi) is 5.61. The van der Waals surface area contributed by atoms with Crippen molar-refractivity contribution >= 4 is 28.5 Å². The van der Waals surface area contributed by atoms with Crippen LogP contribution in [0.25, 0.3) is 11.0 Å². The Morgan fingerprint density at radius 1 is 1.00 bits per heavy atom. The Hall–Kier alpha value is -3.48. The van der Waals surface area contributed by atoms with E-state index in [-0.39, 0.29) is 23.5 Å². The summed E-state index contributed by atoms with van der Waals surface area (Å²) in [6.45, 7) is 0.994. The number of ether oxygens (including phenoxy) is 2. The molecular weight excluding hydrogens is 384 g/mol. The highest BCUT2D eigenvalue weighted by atomic mass is 16.5. The largest absolute Gasteiger partial charge is 0.495 e. The van der Waals surface area contributed by atoms with Gasteiger partial charge in [-0.05, 0) is 37.1 Å². The normalized spacial score (nSPS) is 14.5. The number of benzene rings is 2. The van der Waals surface area contributed by atoms with E-state index in [2.05, 4.69) is 5.32 Å². The van der Waals surface area contributed by atoms with Crippen molar-refractivity contribution in [2.24, 2.45) is 5.92 Å². The maximum atomic E-state index is 12.9. The molecule has 1 aliphatic heterocycles. The molecule has 3 aromatic rings. The second-order valence-corrected chi connectivity index (χ2v) is 7.25. The summed E-state index contributed by atoms with van der Waals surface area (Å²) in [5.74, 6) is 1.12. The first kappa shape index (κ1) is 19.8. The van der Waals surface area contributed by atoms with Gasteiger partial charge in [-0.3, -0.25) is 9.59 Å². The fourth-order valence-corrected chi connectivity index (χ4v) is 3.79. The van der Waals surface area contributed by atoms with Crippen LogP contribution in [0.1, 0.15) is 23.4 Å². The quantitative estimate of drug-likeness (QED) is 0.692. The topological polar surface area (TPSA) is 81.0 Å². The fraction of sp³-hybridized carbons (Fsp3) is 0.304. The number of carbonyl (C=O) groups excluding carboxylic acids is 2. The standard InChI is InChI=1S/C23H24N2O5/c1-28-18-8-4-3-7-17(18)24-22(26)15-10-12-25(13-11-15)23(27)20-14-16-6-5-9-19(29-2)21(16)30-20/h3-9,14-15H,10-13H2,1-2H3,(H,24,26). The van der Waals surface area contributed by atoms with Crippen LogP contribution >= 0.6 is 0 Å². The number of piperidine rings is 1. The molecule has 4 rings (SSSR count). The molecular formula is C23H24N2O5. The number of hydrogen-bond donors (Lipinski definition) is 1. The zero-order valence-corrected chi connectivity index (χ0v) is 17.0. The van der Waals surface area contributed by atoms with Crippen LogP contribution in [0.4, 0.5) is 5.69 Å². The van der Waals surface area contributed by atoms with E-state index in [0.717, 1.165) is 5.39 Å². The van der Waals surface area contributed by atoms with E-state index in [1.165, 1.54) is 0 Å². The maximum Gasteiger partial charge on any atom is 0.289 e. The monoisotopic (exact) mass is 408 g/mol. The first-order valence-electron chi connectivity index (χ1n) is 9.90. The summed E-state index contributed by atoms with van der Waals surface area (Å²) in [5.41, 5.74) is 1.22. The first-order valence-corrected chi connectivity index (χ1v) is 9.90. The molecule has 0 spiro atoms. The van der Waals surface area contributed by atoms with Crippen molar-refractivity contribution in [2.45, 2.75) is 12.8 Å². The molecule has 1 saturated heterocycles. The van der Waals surface area contributed by atoms with Gasteiger partial charge in [-0.25, -0.2) is 0 Å². The van der Waals surface area contributed by atoms with Gasteiger partial charge in [-0.1, -0.05) is 24.3 Å². The van der Waals surface area contributed by atoms with Crippen LogP contribution in [-0.2, 0) is 4.79 Å². The molecule has 7 heteroatoms. The number of para-hydroxylation sites is 3. The lowest BCUT2D eigenvalue weighted by Gasteiger charge is -2.30. The van der Waals surface area contributed by atoms with E-state index < -0.39 is 0 Å². The first-order chi connectivity index (χ1) is 14.6. The number of likely N-dealkylation sites (tertiary alicyclic amines) is 1. The Morgan fingerprint density at radius 3 is 2.43 bits per heavy atom. The van der Waals surface area contributed by atoms with Crippen molar-refractivity contribution in [1.29, 1.82) is 0 Å². The zero-order valence-electron chi connectivity index (χ0n) is 17.0. The average Bonchev–Trinajstić information content (AvgIpc) is 3.23. The molecule has 2 aromatic carbocycles. The third-order valence-corrected chi connectivity index (χ3v) is 5.46. The summed E-state index contributed by atoms with van der Waals surface area (Å²) in [4.78, 5) is 27.3. The van der Waals surface area contributed by atoms with Crippen LogP contribution in [-0.4, -0.2) is 44.0 Å². The van der Waals surface area contributed by atoms with E-state index in [1.807, 2.05) is 30.3 Å². The number of nitrogens with one attached hydrogen (secondary N) is 1. The molecule has 2 heterocycles. The molecule has 1 N–H and O–H groups in total. The maximum absolute atomic E-state index is 12.9. The molecule has 0 unspecified atom stereocenters. The zero-order chi connectivity index (χ0) is 21.1. The number of methoxy groups -OCH3 is 2. The average molecular weight is 408 g/mol. The molecule has 2 amide bonds. The Balaban J connectivity index is 1.39. The molecule has 0 radical (unpaired) electrons. The minimum atomic E-state index is -0.170. The van der Waals surface area contributed by atoms with Crippen molar-refractivity contribution in [1.82, 2.24) is 4.90 Å². The van der Waals surface area contributed by atoms with Gasteiger partial charge in [0.05, 0.1) is 19.9 Å². The summed E-state index contributed by atoms with van der Waals surface area (Å²) in [6.07, 6.45) is 1.19. The van der Waals surface area contributed by atoms with Crippen LogP contribution in [0.5, 0.6) is 11.5 Å². The van der Waals surface area contributed by atoms with Gasteiger partial charge in [0.25, 0.3) is 5.91 Å². The molecule has 1 aromatic heterocycles. The predicted molar refractivity (Wildman–Crippen MR) is 113 cm³/mol. The third kappa shape index (κ3) is 3.83. The summed E-state index contributed by atoms with van der Waals surface area (Å²) in [5, 5.41) is 3.76. The third-order valence-electron chi connectivity index (χ3n) is 5.46. The highest BCUT2D eigenvalue weighted by Gasteiger charge is 2.29. The number of hydrogen-bond acceptors (Lipinski definition) is 5. The van der Waals surface area contributed by atoms with Crippen LogP contribution in [0.15, 0.2) is 52.9 Å². The van der Waals surface area contributed by atoms with Gasteiger partial charge >= 0.3 is 0 Å². The molecule has 1 aliphatic rings. The highest BCUT2D eigenvalue weighted by Crippen LogP contribution is 2.30. The molecule has 1 fully saturated rings. The number of carbonyl (C=O) groups is 2. The molecule has 156 valence electrons. The van der Waals surface area contributed by atoms with Crippen molar-refractivity contribution in [2.75, 3.05) is 32.6 Å². The van der Waals surface area contributed by atoms with Crippen molar-refractivity contribution in [3.8, 4) is 11.5 Å². The lowest BCUT2D eigenvalue weighted by atomic mass is 9.95. The van der Waals surface area contributed by atoms with Crippen molar-refractivity contribution in [3.63, 3.8) is 0 Å². The second-order valence-electron chi connectivity index (χ2n) is 7.25. The van der Waals surface area contributed by atoms with Gasteiger partial charge < -0.3 is 24.1 Å². The van der Waals surface area contributed by atoms with Gasteiger partial charge in [0.15, 0.2) is 17.1 Å². The summed E-state index contributed by atoms with van der Waals surface area (Å²) in [6, 6.07) is 14.6. The van der Waals surface area contributed by atoms with Gasteiger partial charge in [0.2, 0.25) is 5.91 Å².